The molecule has 3 heterocycles. The Hall–Kier alpha value is -2.68. The van der Waals surface area contributed by atoms with Crippen LogP contribution in [-0.2, 0) is 0 Å². The zero-order chi connectivity index (χ0) is 21.9. The van der Waals surface area contributed by atoms with Crippen LogP contribution in [0.1, 0.15) is 36.2 Å². The number of anilines is 1. The number of aromatic carboxylic acids is 1. The second kappa shape index (κ2) is 7.47. The average Bonchev–Trinajstić information content (AvgIpc) is 3.50. The second-order valence-electron chi connectivity index (χ2n) is 8.96. The van der Waals surface area contributed by atoms with Crippen LogP contribution in [0.15, 0.2) is 17.1 Å². The van der Waals surface area contributed by atoms with Crippen LogP contribution < -0.4 is 20.4 Å². The molecule has 9 heteroatoms. The third-order valence-electron chi connectivity index (χ3n) is 6.75. The first-order chi connectivity index (χ1) is 14.9. The number of carbonyl (C=O) groups is 1. The number of rotatable bonds is 6. The zero-order valence-corrected chi connectivity index (χ0v) is 17.2. The van der Waals surface area contributed by atoms with Crippen molar-refractivity contribution < 1.29 is 23.4 Å². The van der Waals surface area contributed by atoms with Crippen molar-refractivity contribution in [2.75, 3.05) is 37.8 Å². The summed E-state index contributed by atoms with van der Waals surface area (Å²) in [6, 6.07) is 0.891. The highest BCUT2D eigenvalue weighted by Crippen LogP contribution is 2.44. The molecule has 1 aromatic carbocycles. The number of hydrogen-bond acceptors (Lipinski definition) is 5. The Kier molecular flexibility index (Phi) is 4.88. The summed E-state index contributed by atoms with van der Waals surface area (Å²) in [7, 11) is 0. The molecule has 1 aliphatic carbocycles. The standard InChI is InChI=1S/C22H25F2N3O4/c1-11-7-26(8-12(11)6-25-13-2-3-13)19-17(24)4-15-18-21(19)31-10-14(5-23)27(18)9-16(20(15)28)22(29)30/h4,9,11-14,25H,2-3,5-8,10H2,1H3,(H,29,30)/t11-,12+,14?/m1/s1. The predicted molar refractivity (Wildman–Crippen MR) is 112 cm³/mol. The summed E-state index contributed by atoms with van der Waals surface area (Å²) >= 11 is 0. The van der Waals surface area contributed by atoms with E-state index in [1.165, 1.54) is 17.4 Å². The van der Waals surface area contributed by atoms with E-state index in [0.717, 1.165) is 18.8 Å². The van der Waals surface area contributed by atoms with Crippen LogP contribution >= 0.6 is 0 Å². The smallest absolute Gasteiger partial charge is 0.341 e. The van der Waals surface area contributed by atoms with Gasteiger partial charge in [-0.3, -0.25) is 4.79 Å². The van der Waals surface area contributed by atoms with Crippen molar-refractivity contribution in [3.63, 3.8) is 0 Å². The number of hydrogen-bond donors (Lipinski definition) is 2. The molecule has 0 amide bonds. The van der Waals surface area contributed by atoms with E-state index in [1.54, 1.807) is 0 Å². The summed E-state index contributed by atoms with van der Waals surface area (Å²) in [6.07, 6.45) is 3.56. The number of ether oxygens (including phenoxy) is 1. The number of pyridine rings is 1. The molecular weight excluding hydrogens is 408 g/mol. The van der Waals surface area contributed by atoms with Gasteiger partial charge in [-0.25, -0.2) is 13.6 Å². The summed E-state index contributed by atoms with van der Waals surface area (Å²) in [5.74, 6) is -1.17. The van der Waals surface area contributed by atoms with Crippen LogP contribution in [0.4, 0.5) is 14.5 Å². The van der Waals surface area contributed by atoms with Crippen LogP contribution in [-0.4, -0.2) is 54.6 Å². The highest BCUT2D eigenvalue weighted by atomic mass is 19.1. The molecule has 1 unspecified atom stereocenters. The van der Waals surface area contributed by atoms with Crippen molar-refractivity contribution in [2.45, 2.75) is 31.8 Å². The Morgan fingerprint density at radius 3 is 2.81 bits per heavy atom. The number of carboxylic acid groups (broad SMARTS) is 1. The topological polar surface area (TPSA) is 83.8 Å². The minimum absolute atomic E-state index is 0.0625. The monoisotopic (exact) mass is 433 g/mol. The molecule has 3 atom stereocenters. The van der Waals surface area contributed by atoms with Crippen molar-refractivity contribution in [3.05, 3.63) is 33.9 Å². The van der Waals surface area contributed by atoms with Crippen molar-refractivity contribution in [3.8, 4) is 5.75 Å². The maximum atomic E-state index is 15.3. The summed E-state index contributed by atoms with van der Waals surface area (Å²) in [5.41, 5.74) is -0.781. The number of halogens is 2. The van der Waals surface area contributed by atoms with Crippen molar-refractivity contribution >= 4 is 22.6 Å². The van der Waals surface area contributed by atoms with Crippen LogP contribution in [0.25, 0.3) is 10.9 Å². The van der Waals surface area contributed by atoms with Gasteiger partial charge in [0.2, 0.25) is 5.43 Å². The molecule has 1 aromatic heterocycles. The van der Waals surface area contributed by atoms with Crippen molar-refractivity contribution in [2.24, 2.45) is 11.8 Å². The first kappa shape index (κ1) is 20.2. The molecule has 5 rings (SSSR count). The van der Waals surface area contributed by atoms with Crippen LogP contribution in [0.2, 0.25) is 0 Å². The highest BCUT2D eigenvalue weighted by Gasteiger charge is 2.37. The van der Waals surface area contributed by atoms with Gasteiger partial charge in [-0.1, -0.05) is 6.92 Å². The Morgan fingerprint density at radius 1 is 1.35 bits per heavy atom. The van der Waals surface area contributed by atoms with Gasteiger partial charge in [0, 0.05) is 31.9 Å². The van der Waals surface area contributed by atoms with Crippen LogP contribution in [0.3, 0.4) is 0 Å². The third kappa shape index (κ3) is 3.35. The Balaban J connectivity index is 1.61. The summed E-state index contributed by atoms with van der Waals surface area (Å²) in [5, 5.41) is 12.8. The fourth-order valence-corrected chi connectivity index (χ4v) is 4.78. The van der Waals surface area contributed by atoms with Crippen LogP contribution in [0.5, 0.6) is 5.75 Å². The SMILES string of the molecule is C[C@@H]1CN(c2c(F)cc3c(=O)c(C(=O)O)cn4c3c2OCC4CF)C[C@@H]1CNC1CC1. The van der Waals surface area contributed by atoms with E-state index in [0.29, 0.717) is 31.0 Å². The fraction of sp³-hybridized carbons (Fsp3) is 0.545. The number of carboxylic acids is 1. The second-order valence-corrected chi connectivity index (χ2v) is 8.96. The number of nitrogens with one attached hydrogen (secondary N) is 1. The summed E-state index contributed by atoms with van der Waals surface area (Å²) in [4.78, 5) is 26.2. The van der Waals surface area contributed by atoms with Gasteiger partial charge in [-0.15, -0.1) is 0 Å². The third-order valence-corrected chi connectivity index (χ3v) is 6.75. The molecule has 0 radical (unpaired) electrons. The highest BCUT2D eigenvalue weighted by molar-refractivity contribution is 5.97. The minimum atomic E-state index is -1.43. The van der Waals surface area contributed by atoms with E-state index in [4.69, 9.17) is 4.74 Å². The number of aromatic nitrogens is 1. The van der Waals surface area contributed by atoms with Crippen LogP contribution in [0, 0.1) is 17.7 Å². The quantitative estimate of drug-likeness (QED) is 0.729. The molecule has 0 spiro atoms. The maximum Gasteiger partial charge on any atom is 0.341 e. The van der Waals surface area contributed by atoms with Gasteiger partial charge in [0.1, 0.15) is 24.5 Å². The Morgan fingerprint density at radius 2 is 2.13 bits per heavy atom. The van der Waals surface area contributed by atoms with E-state index in [2.05, 4.69) is 12.2 Å². The largest absolute Gasteiger partial charge is 0.487 e. The lowest BCUT2D eigenvalue weighted by Crippen LogP contribution is -2.32. The van der Waals surface area contributed by atoms with Gasteiger partial charge >= 0.3 is 5.97 Å². The Labute approximate surface area is 177 Å². The summed E-state index contributed by atoms with van der Waals surface area (Å²) in [6.45, 7) is 3.43. The first-order valence-corrected chi connectivity index (χ1v) is 10.7. The number of nitrogens with zero attached hydrogens (tertiary/aromatic N) is 2. The lowest BCUT2D eigenvalue weighted by atomic mass is 9.98. The van der Waals surface area contributed by atoms with Gasteiger partial charge in [0.25, 0.3) is 0 Å². The van der Waals surface area contributed by atoms with Gasteiger partial charge in [-0.2, -0.15) is 0 Å². The molecule has 7 nitrogen and oxygen atoms in total. The van der Waals surface area contributed by atoms with Gasteiger partial charge in [-0.05, 0) is 30.7 Å². The molecule has 2 aliphatic heterocycles. The van der Waals surface area contributed by atoms with Crippen molar-refractivity contribution in [1.29, 1.82) is 0 Å². The molecule has 31 heavy (non-hydrogen) atoms. The predicted octanol–water partition coefficient (Wildman–Crippen LogP) is 2.57. The molecule has 2 fully saturated rings. The van der Waals surface area contributed by atoms with E-state index < -0.39 is 35.5 Å². The molecular formula is C22H25F2N3O4. The van der Waals surface area contributed by atoms with Crippen molar-refractivity contribution in [1.82, 2.24) is 9.88 Å². The lowest BCUT2D eigenvalue weighted by molar-refractivity contribution is 0.0694. The number of alkyl halides is 1. The average molecular weight is 433 g/mol. The Bertz CT molecular complexity index is 1110. The summed E-state index contributed by atoms with van der Waals surface area (Å²) < 4.78 is 36.2. The molecule has 1 saturated carbocycles. The zero-order valence-electron chi connectivity index (χ0n) is 17.2. The lowest BCUT2D eigenvalue weighted by Gasteiger charge is -2.31. The van der Waals surface area contributed by atoms with Gasteiger partial charge in [0.05, 0.1) is 16.9 Å². The molecule has 2 aromatic rings. The molecule has 2 N–H and O–H groups in total. The maximum absolute atomic E-state index is 15.3. The molecule has 0 bridgehead atoms. The van der Waals surface area contributed by atoms with Gasteiger partial charge < -0.3 is 24.6 Å². The van der Waals surface area contributed by atoms with E-state index in [9.17, 15) is 19.1 Å². The molecule has 166 valence electrons. The van der Waals surface area contributed by atoms with E-state index in [-0.39, 0.29) is 28.9 Å². The minimum Gasteiger partial charge on any atom is -0.487 e. The van der Waals surface area contributed by atoms with E-state index >= 15 is 4.39 Å². The first-order valence-electron chi connectivity index (χ1n) is 10.7. The normalized spacial score (nSPS) is 25.1. The van der Waals surface area contributed by atoms with Gasteiger partial charge in [0.15, 0.2) is 11.6 Å². The number of benzene rings is 1. The molecule has 3 aliphatic rings. The van der Waals surface area contributed by atoms with E-state index in [1.807, 2.05) is 4.90 Å². The fourth-order valence-electron chi connectivity index (χ4n) is 4.78. The molecule has 1 saturated heterocycles.